The minimum atomic E-state index is -3.04. The molecular weight excluding hydrogens is 214 g/mol. The molecule has 0 amide bonds. The lowest BCUT2D eigenvalue weighted by Crippen LogP contribution is -2.27. The molecule has 0 N–H and O–H groups in total. The van der Waals surface area contributed by atoms with Crippen LogP contribution >= 0.6 is 0 Å². The van der Waals surface area contributed by atoms with Crippen LogP contribution in [0, 0.1) is 0 Å². The third kappa shape index (κ3) is 1.52. The summed E-state index contributed by atoms with van der Waals surface area (Å²) in [6.45, 7) is 0.720. The molecule has 0 spiro atoms. The Morgan fingerprint density at radius 3 is 2.40 bits per heavy atom. The summed E-state index contributed by atoms with van der Waals surface area (Å²) in [5.74, 6) is 0. The molecule has 1 aliphatic carbocycles. The van der Waals surface area contributed by atoms with E-state index >= 15 is 0 Å². The average Bonchev–Trinajstić information content (AvgIpc) is 2.71. The summed E-state index contributed by atoms with van der Waals surface area (Å²) >= 11 is 0. The molecule has 0 aromatic rings. The van der Waals surface area contributed by atoms with Gasteiger partial charge in [-0.15, -0.1) is 0 Å². The molecule has 3 atom stereocenters. The van der Waals surface area contributed by atoms with Crippen molar-refractivity contribution in [2.75, 3.05) is 6.61 Å². The molecule has 0 aromatic heterocycles. The second-order valence-electron chi connectivity index (χ2n) is 4.75. The molecule has 3 unspecified atom stereocenters. The van der Waals surface area contributed by atoms with Gasteiger partial charge in [-0.05, 0) is 25.7 Å². The molecule has 2 heterocycles. The van der Waals surface area contributed by atoms with Crippen molar-refractivity contribution in [1.29, 1.82) is 0 Å². The Balaban J connectivity index is 1.76. The van der Waals surface area contributed by atoms with Gasteiger partial charge in [-0.2, -0.15) is 4.31 Å². The number of fused-ring (bicyclic) bond motifs is 1. The van der Waals surface area contributed by atoms with Crippen LogP contribution in [0.25, 0.3) is 0 Å². The van der Waals surface area contributed by atoms with Gasteiger partial charge in [-0.25, -0.2) is 8.42 Å². The van der Waals surface area contributed by atoms with Crippen molar-refractivity contribution in [3.8, 4) is 0 Å². The molecule has 15 heavy (non-hydrogen) atoms. The Morgan fingerprint density at radius 1 is 1.07 bits per heavy atom. The molecule has 4 nitrogen and oxygen atoms in total. The van der Waals surface area contributed by atoms with Crippen LogP contribution < -0.4 is 0 Å². The lowest BCUT2D eigenvalue weighted by Gasteiger charge is -2.11. The first-order chi connectivity index (χ1) is 7.21. The smallest absolute Gasteiger partial charge is 0.219 e. The molecule has 0 radical (unpaired) electrons. The molecule has 5 heteroatoms. The van der Waals surface area contributed by atoms with E-state index in [9.17, 15) is 8.42 Å². The molecule has 0 bridgehead atoms. The van der Waals surface area contributed by atoms with E-state index in [1.165, 1.54) is 0 Å². The Labute approximate surface area is 90.6 Å². The van der Waals surface area contributed by atoms with Gasteiger partial charge in [0, 0.05) is 6.61 Å². The van der Waals surface area contributed by atoms with Gasteiger partial charge in [0.2, 0.25) is 10.0 Å². The molecule has 86 valence electrons. The standard InChI is InChI=1S/C10H17NO3S/c12-15(13,8-4-1-2-5-8)11-9-6-3-7-14-10(9)11/h8-10H,1-7H2. The van der Waals surface area contributed by atoms with Crippen molar-refractivity contribution in [2.24, 2.45) is 0 Å². The lowest BCUT2D eigenvalue weighted by molar-refractivity contribution is 0.0786. The number of hydrogen-bond donors (Lipinski definition) is 0. The van der Waals surface area contributed by atoms with Crippen LogP contribution in [0.15, 0.2) is 0 Å². The van der Waals surface area contributed by atoms with Crippen LogP contribution in [0.3, 0.4) is 0 Å². The average molecular weight is 231 g/mol. The molecule has 1 saturated carbocycles. The van der Waals surface area contributed by atoms with Crippen molar-refractivity contribution in [3.05, 3.63) is 0 Å². The molecule has 3 aliphatic rings. The van der Waals surface area contributed by atoms with E-state index in [0.29, 0.717) is 0 Å². The van der Waals surface area contributed by atoms with Crippen molar-refractivity contribution in [3.63, 3.8) is 0 Å². The predicted molar refractivity (Wildman–Crippen MR) is 55.8 cm³/mol. The maximum absolute atomic E-state index is 12.2. The summed E-state index contributed by atoms with van der Waals surface area (Å²) in [6.07, 6.45) is 5.69. The number of rotatable bonds is 2. The Kier molecular flexibility index (Phi) is 2.30. The van der Waals surface area contributed by atoms with Gasteiger partial charge >= 0.3 is 0 Å². The number of sulfonamides is 1. The second-order valence-corrected chi connectivity index (χ2v) is 6.87. The predicted octanol–water partition coefficient (Wildman–Crippen LogP) is 1.08. The first-order valence-electron chi connectivity index (χ1n) is 5.85. The van der Waals surface area contributed by atoms with E-state index in [1.54, 1.807) is 4.31 Å². The molecule has 2 aliphatic heterocycles. The molecule has 3 rings (SSSR count). The van der Waals surface area contributed by atoms with Crippen LogP contribution in [-0.2, 0) is 14.8 Å². The van der Waals surface area contributed by atoms with E-state index in [4.69, 9.17) is 4.74 Å². The molecular formula is C10H17NO3S. The van der Waals surface area contributed by atoms with Crippen molar-refractivity contribution >= 4 is 10.0 Å². The molecule has 2 saturated heterocycles. The van der Waals surface area contributed by atoms with Crippen molar-refractivity contribution in [2.45, 2.75) is 56.0 Å². The minimum absolute atomic E-state index is 0.107. The van der Waals surface area contributed by atoms with E-state index in [0.717, 1.165) is 45.1 Å². The second kappa shape index (κ2) is 3.43. The fourth-order valence-corrected chi connectivity index (χ4v) is 5.17. The first-order valence-corrected chi connectivity index (χ1v) is 7.35. The zero-order valence-electron chi connectivity index (χ0n) is 8.76. The van der Waals surface area contributed by atoms with Crippen molar-refractivity contribution < 1.29 is 13.2 Å². The quantitative estimate of drug-likeness (QED) is 0.668. The fourth-order valence-electron chi connectivity index (χ4n) is 2.88. The van der Waals surface area contributed by atoms with Gasteiger partial charge in [-0.1, -0.05) is 12.8 Å². The van der Waals surface area contributed by atoms with E-state index < -0.39 is 10.0 Å². The summed E-state index contributed by atoms with van der Waals surface area (Å²) in [4.78, 5) is 0. The highest BCUT2D eigenvalue weighted by Gasteiger charge is 2.58. The number of hydrogen-bond acceptors (Lipinski definition) is 3. The highest BCUT2D eigenvalue weighted by atomic mass is 32.2. The van der Waals surface area contributed by atoms with Gasteiger partial charge in [-0.3, -0.25) is 0 Å². The monoisotopic (exact) mass is 231 g/mol. The molecule has 3 fully saturated rings. The maximum Gasteiger partial charge on any atom is 0.219 e. The van der Waals surface area contributed by atoms with Gasteiger partial charge in [0.05, 0.1) is 11.3 Å². The number of nitrogens with zero attached hydrogens (tertiary/aromatic N) is 1. The van der Waals surface area contributed by atoms with Crippen LogP contribution in [-0.4, -0.2) is 36.8 Å². The van der Waals surface area contributed by atoms with Crippen LogP contribution in [0.2, 0.25) is 0 Å². The Hall–Kier alpha value is -0.130. The third-order valence-electron chi connectivity index (χ3n) is 3.77. The number of ether oxygens (including phenoxy) is 1. The Bertz CT molecular complexity index is 336. The van der Waals surface area contributed by atoms with Gasteiger partial charge in [0.15, 0.2) is 0 Å². The van der Waals surface area contributed by atoms with Gasteiger partial charge < -0.3 is 4.74 Å². The summed E-state index contributed by atoms with van der Waals surface area (Å²) < 4.78 is 31.5. The normalized spacial score (nSPS) is 41.5. The summed E-state index contributed by atoms with van der Waals surface area (Å²) in [6, 6.07) is 0.171. The fraction of sp³-hybridized carbons (Fsp3) is 1.00. The topological polar surface area (TPSA) is 46.4 Å². The largest absolute Gasteiger partial charge is 0.360 e. The van der Waals surface area contributed by atoms with Crippen LogP contribution in [0.4, 0.5) is 0 Å². The van der Waals surface area contributed by atoms with Gasteiger partial charge in [0.1, 0.15) is 6.23 Å². The zero-order chi connectivity index (χ0) is 10.5. The van der Waals surface area contributed by atoms with Crippen LogP contribution in [0.1, 0.15) is 38.5 Å². The summed E-state index contributed by atoms with van der Waals surface area (Å²) in [7, 11) is -3.04. The maximum atomic E-state index is 12.2. The highest BCUT2D eigenvalue weighted by molar-refractivity contribution is 7.90. The van der Waals surface area contributed by atoms with Crippen molar-refractivity contribution in [1.82, 2.24) is 4.31 Å². The lowest BCUT2D eigenvalue weighted by atomic mass is 10.2. The first kappa shape index (κ1) is 10.1. The minimum Gasteiger partial charge on any atom is -0.360 e. The molecule has 0 aromatic carbocycles. The van der Waals surface area contributed by atoms with E-state index in [2.05, 4.69) is 0 Å². The van der Waals surface area contributed by atoms with Crippen LogP contribution in [0.5, 0.6) is 0 Å². The SMILES string of the molecule is O=S(=O)(C1CCCC1)N1C2CCCOC21. The summed E-state index contributed by atoms with van der Waals surface area (Å²) in [5.41, 5.74) is 0. The summed E-state index contributed by atoms with van der Waals surface area (Å²) in [5, 5.41) is -0.119. The Morgan fingerprint density at radius 2 is 1.80 bits per heavy atom. The third-order valence-corrected chi connectivity index (χ3v) is 6.15. The highest BCUT2D eigenvalue weighted by Crippen LogP contribution is 2.43. The zero-order valence-corrected chi connectivity index (χ0v) is 9.58. The van der Waals surface area contributed by atoms with E-state index in [1.807, 2.05) is 0 Å². The van der Waals surface area contributed by atoms with Gasteiger partial charge in [0.25, 0.3) is 0 Å². The van der Waals surface area contributed by atoms with E-state index in [-0.39, 0.29) is 17.5 Å².